The predicted molar refractivity (Wildman–Crippen MR) is 127 cm³/mol. The van der Waals surface area contributed by atoms with Gasteiger partial charge in [0.05, 0.1) is 11.7 Å². The minimum absolute atomic E-state index is 0.409. The summed E-state index contributed by atoms with van der Waals surface area (Å²) in [5.74, 6) is 3.34. The van der Waals surface area contributed by atoms with Gasteiger partial charge in [-0.15, -0.1) is 0 Å². The predicted octanol–water partition coefficient (Wildman–Crippen LogP) is 6.80. The second kappa shape index (κ2) is 8.17. The highest BCUT2D eigenvalue weighted by Crippen LogP contribution is 2.67. The van der Waals surface area contributed by atoms with Gasteiger partial charge in [-0.05, 0) is 117 Å². The van der Waals surface area contributed by atoms with E-state index in [1.807, 2.05) is 7.11 Å². The fraction of sp³-hybridized carbons (Fsp3) is 0.793. The Morgan fingerprint density at radius 1 is 0.903 bits per heavy atom. The van der Waals surface area contributed by atoms with E-state index < -0.39 is 5.60 Å². The van der Waals surface area contributed by atoms with Gasteiger partial charge in [-0.1, -0.05) is 44.2 Å². The molecule has 8 atom stereocenters. The summed E-state index contributed by atoms with van der Waals surface area (Å²) in [5, 5.41) is 11.5. The smallest absolute Gasteiger partial charge is 0.0651 e. The van der Waals surface area contributed by atoms with Gasteiger partial charge in [0, 0.05) is 7.11 Å². The summed E-state index contributed by atoms with van der Waals surface area (Å²) in [4.78, 5) is 0. The third-order valence-corrected chi connectivity index (χ3v) is 11.0. The van der Waals surface area contributed by atoms with Crippen molar-refractivity contribution in [2.75, 3.05) is 7.11 Å². The van der Waals surface area contributed by atoms with E-state index in [0.29, 0.717) is 22.9 Å². The van der Waals surface area contributed by atoms with E-state index in [0.717, 1.165) is 49.9 Å². The minimum atomic E-state index is -0.427. The number of rotatable bonds is 5. The van der Waals surface area contributed by atoms with Crippen LogP contribution in [0.25, 0.3) is 0 Å². The van der Waals surface area contributed by atoms with Crippen molar-refractivity contribution in [3.8, 4) is 0 Å². The Hall–Kier alpha value is -0.860. The normalized spacial score (nSPS) is 46.8. The molecule has 0 radical (unpaired) electrons. The molecule has 2 heteroatoms. The Kier molecular flexibility index (Phi) is 5.79. The van der Waals surface area contributed by atoms with Crippen LogP contribution in [0.4, 0.5) is 0 Å². The van der Waals surface area contributed by atoms with Crippen LogP contribution in [-0.2, 0) is 11.2 Å². The van der Waals surface area contributed by atoms with E-state index in [1.54, 1.807) is 0 Å². The number of aryl methyl sites for hydroxylation is 1. The molecule has 0 saturated heterocycles. The van der Waals surface area contributed by atoms with Crippen LogP contribution in [0.3, 0.4) is 0 Å². The molecule has 4 fully saturated rings. The topological polar surface area (TPSA) is 29.5 Å². The van der Waals surface area contributed by atoms with E-state index in [1.165, 1.54) is 50.5 Å². The van der Waals surface area contributed by atoms with Gasteiger partial charge in [-0.3, -0.25) is 0 Å². The van der Waals surface area contributed by atoms with E-state index >= 15 is 0 Å². The molecule has 0 heterocycles. The average Bonchev–Trinajstić information content (AvgIpc) is 3.11. The Labute approximate surface area is 190 Å². The van der Waals surface area contributed by atoms with Gasteiger partial charge in [-0.25, -0.2) is 0 Å². The van der Waals surface area contributed by atoms with Crippen molar-refractivity contribution in [3.05, 3.63) is 35.9 Å². The molecule has 0 aromatic heterocycles. The Bertz CT molecular complexity index is 761. The van der Waals surface area contributed by atoms with Gasteiger partial charge in [-0.2, -0.15) is 0 Å². The van der Waals surface area contributed by atoms with Crippen molar-refractivity contribution in [2.45, 2.75) is 103 Å². The van der Waals surface area contributed by atoms with Crippen molar-refractivity contribution in [2.24, 2.45) is 34.5 Å². The molecule has 0 spiro atoms. The van der Waals surface area contributed by atoms with E-state index in [-0.39, 0.29) is 0 Å². The lowest BCUT2D eigenvalue weighted by Crippen LogP contribution is -2.56. The van der Waals surface area contributed by atoms with Crippen LogP contribution in [0.1, 0.15) is 90.0 Å². The molecular weight excluding hydrogens is 380 g/mol. The number of ether oxygens (including phenoxy) is 1. The zero-order valence-corrected chi connectivity index (χ0v) is 20.1. The quantitative estimate of drug-likeness (QED) is 0.563. The standard InChI is InChI=1S/C29H44O2/c1-27-18-19-29(30,16-7-10-21-8-5-4-6-9-21)20-22(27)11-12-23-24-13-14-26(31-3)28(24,2)17-15-25(23)27/h4-6,8-9,22-26,30H,7,10-20H2,1-3H3/t22?,23-,24-,25+,26?,27-,28-,29?/m0/s1. The molecule has 2 nitrogen and oxygen atoms in total. The van der Waals surface area contributed by atoms with Crippen LogP contribution in [0, 0.1) is 34.5 Å². The lowest BCUT2D eigenvalue weighted by Gasteiger charge is -2.62. The van der Waals surface area contributed by atoms with Crippen LogP contribution in [0.15, 0.2) is 30.3 Å². The molecule has 4 aliphatic carbocycles. The third-order valence-electron chi connectivity index (χ3n) is 11.0. The highest BCUT2D eigenvalue weighted by molar-refractivity contribution is 5.15. The van der Waals surface area contributed by atoms with Crippen LogP contribution in [0.2, 0.25) is 0 Å². The van der Waals surface area contributed by atoms with Crippen LogP contribution < -0.4 is 0 Å². The van der Waals surface area contributed by atoms with Gasteiger partial charge in [0.25, 0.3) is 0 Å². The van der Waals surface area contributed by atoms with Gasteiger partial charge in [0.1, 0.15) is 0 Å². The highest BCUT2D eigenvalue weighted by Gasteiger charge is 2.61. The van der Waals surface area contributed by atoms with Gasteiger partial charge >= 0.3 is 0 Å². The molecule has 3 unspecified atom stereocenters. The monoisotopic (exact) mass is 424 g/mol. The van der Waals surface area contributed by atoms with Crippen molar-refractivity contribution < 1.29 is 9.84 Å². The number of benzene rings is 1. The van der Waals surface area contributed by atoms with Crippen LogP contribution in [-0.4, -0.2) is 23.9 Å². The molecule has 1 aromatic carbocycles. The summed E-state index contributed by atoms with van der Waals surface area (Å²) in [6.45, 7) is 5.15. The first kappa shape index (κ1) is 22.0. The lowest BCUT2D eigenvalue weighted by molar-refractivity contribution is -0.158. The van der Waals surface area contributed by atoms with E-state index in [9.17, 15) is 5.11 Å². The molecule has 31 heavy (non-hydrogen) atoms. The van der Waals surface area contributed by atoms with Crippen molar-refractivity contribution in [1.82, 2.24) is 0 Å². The van der Waals surface area contributed by atoms with E-state index in [4.69, 9.17) is 4.74 Å². The highest BCUT2D eigenvalue weighted by atomic mass is 16.5. The maximum Gasteiger partial charge on any atom is 0.0651 e. The fourth-order valence-electron chi connectivity index (χ4n) is 9.15. The van der Waals surface area contributed by atoms with Gasteiger partial charge < -0.3 is 9.84 Å². The van der Waals surface area contributed by atoms with E-state index in [2.05, 4.69) is 44.2 Å². The van der Waals surface area contributed by atoms with Crippen molar-refractivity contribution >= 4 is 0 Å². The van der Waals surface area contributed by atoms with Gasteiger partial charge in [0.15, 0.2) is 0 Å². The first-order valence-corrected chi connectivity index (χ1v) is 13.2. The maximum absolute atomic E-state index is 11.5. The summed E-state index contributed by atoms with van der Waals surface area (Å²) in [7, 11) is 1.93. The average molecular weight is 425 g/mol. The number of fused-ring (bicyclic) bond motifs is 5. The first-order chi connectivity index (χ1) is 14.9. The zero-order valence-electron chi connectivity index (χ0n) is 20.1. The largest absolute Gasteiger partial charge is 0.390 e. The second-order valence-corrected chi connectivity index (χ2v) is 12.3. The molecule has 4 aliphatic rings. The molecule has 172 valence electrons. The second-order valence-electron chi connectivity index (χ2n) is 12.3. The summed E-state index contributed by atoms with van der Waals surface area (Å²) < 4.78 is 5.96. The molecule has 4 saturated carbocycles. The summed E-state index contributed by atoms with van der Waals surface area (Å²) in [6.07, 6.45) is 15.0. The lowest BCUT2D eigenvalue weighted by atomic mass is 9.44. The molecule has 0 amide bonds. The van der Waals surface area contributed by atoms with Crippen LogP contribution >= 0.6 is 0 Å². The Balaban J connectivity index is 1.24. The Morgan fingerprint density at radius 3 is 2.45 bits per heavy atom. The first-order valence-electron chi connectivity index (χ1n) is 13.2. The SMILES string of the molecule is COC1CC[C@H]2[C@@H]3CCC4CC(O)(CCCc5ccccc5)CC[C@]4(C)[C@@H]3CC[C@]12C. The molecular formula is C29H44O2. The van der Waals surface area contributed by atoms with Crippen LogP contribution in [0.5, 0.6) is 0 Å². The molecule has 1 aromatic rings. The molecule has 5 rings (SSSR count). The molecule has 1 N–H and O–H groups in total. The summed E-state index contributed by atoms with van der Waals surface area (Å²) in [5.41, 5.74) is 1.83. The van der Waals surface area contributed by atoms with Crippen molar-refractivity contribution in [3.63, 3.8) is 0 Å². The number of hydrogen-bond acceptors (Lipinski definition) is 2. The number of hydrogen-bond donors (Lipinski definition) is 1. The third kappa shape index (κ3) is 3.70. The molecule has 0 aliphatic heterocycles. The van der Waals surface area contributed by atoms with Gasteiger partial charge in [0.2, 0.25) is 0 Å². The summed E-state index contributed by atoms with van der Waals surface area (Å²) in [6, 6.07) is 10.8. The molecule has 0 bridgehead atoms. The fourth-order valence-corrected chi connectivity index (χ4v) is 9.15. The van der Waals surface area contributed by atoms with Crippen molar-refractivity contribution in [1.29, 1.82) is 0 Å². The maximum atomic E-state index is 11.5. The summed E-state index contributed by atoms with van der Waals surface area (Å²) >= 11 is 0. The number of aliphatic hydroxyl groups is 1. The number of methoxy groups -OCH3 is 1. The Morgan fingerprint density at radius 2 is 1.68 bits per heavy atom. The zero-order chi connectivity index (χ0) is 21.7. The minimum Gasteiger partial charge on any atom is -0.390 e.